The second-order valence-electron chi connectivity index (χ2n) is 5.23. The summed E-state index contributed by atoms with van der Waals surface area (Å²) in [5.41, 5.74) is 3.44. The number of thiazole rings is 1. The van der Waals surface area contributed by atoms with Crippen molar-refractivity contribution in [3.05, 3.63) is 35.9 Å². The van der Waals surface area contributed by atoms with Gasteiger partial charge in [0, 0.05) is 12.1 Å². The van der Waals surface area contributed by atoms with E-state index in [4.69, 9.17) is 0 Å². The lowest BCUT2D eigenvalue weighted by Crippen LogP contribution is -2.43. The standard InChI is InChI=1S/C14H14N6OS/c21-14(18-9-1-3-12-11(5-9)16-8-22-12)19-10-2-4-13-15-7-17-20(13)6-10/h1,3,5,7-8,10H,2,4,6H2,(H2,18,19,21)/t10-/m0/s1. The molecule has 1 aliphatic rings. The van der Waals surface area contributed by atoms with Crippen LogP contribution < -0.4 is 10.6 Å². The molecule has 2 N–H and O–H groups in total. The molecule has 0 aliphatic carbocycles. The van der Waals surface area contributed by atoms with Gasteiger partial charge in [0.2, 0.25) is 0 Å². The molecular formula is C14H14N6OS. The van der Waals surface area contributed by atoms with Gasteiger partial charge in [0.1, 0.15) is 12.2 Å². The van der Waals surface area contributed by atoms with Gasteiger partial charge in [-0.05, 0) is 24.6 Å². The number of hydrogen-bond acceptors (Lipinski definition) is 5. The Morgan fingerprint density at radius 1 is 1.36 bits per heavy atom. The molecule has 0 fully saturated rings. The third-order valence-electron chi connectivity index (χ3n) is 3.73. The van der Waals surface area contributed by atoms with Gasteiger partial charge in [0.15, 0.2) is 0 Å². The van der Waals surface area contributed by atoms with Crippen LogP contribution in [0.25, 0.3) is 10.2 Å². The first kappa shape index (κ1) is 13.2. The zero-order valence-corrected chi connectivity index (χ0v) is 12.5. The average Bonchev–Trinajstić information content (AvgIpc) is 3.14. The Labute approximate surface area is 130 Å². The summed E-state index contributed by atoms with van der Waals surface area (Å²) in [5, 5.41) is 9.99. The number of carbonyl (C=O) groups is 1. The van der Waals surface area contributed by atoms with Gasteiger partial charge in [-0.25, -0.2) is 19.4 Å². The largest absolute Gasteiger partial charge is 0.333 e. The maximum absolute atomic E-state index is 12.1. The highest BCUT2D eigenvalue weighted by Gasteiger charge is 2.21. The van der Waals surface area contributed by atoms with Gasteiger partial charge in [-0.2, -0.15) is 5.10 Å². The quantitative estimate of drug-likeness (QED) is 0.758. The van der Waals surface area contributed by atoms with Crippen LogP contribution in [-0.2, 0) is 13.0 Å². The number of aryl methyl sites for hydroxylation is 1. The minimum absolute atomic E-state index is 0.0669. The SMILES string of the molecule is O=C(Nc1ccc2scnc2c1)N[C@H]1CCc2ncnn2C1. The average molecular weight is 314 g/mol. The predicted octanol–water partition coefficient (Wildman–Crippen LogP) is 2.02. The summed E-state index contributed by atoms with van der Waals surface area (Å²) in [4.78, 5) is 20.5. The van der Waals surface area contributed by atoms with E-state index in [1.54, 1.807) is 23.2 Å². The topological polar surface area (TPSA) is 84.7 Å². The van der Waals surface area contributed by atoms with Crippen molar-refractivity contribution in [2.75, 3.05) is 5.32 Å². The molecule has 2 aromatic heterocycles. The minimum Gasteiger partial charge on any atom is -0.333 e. The molecule has 0 spiro atoms. The molecule has 0 saturated heterocycles. The summed E-state index contributed by atoms with van der Waals surface area (Å²) in [6, 6.07) is 5.59. The molecular weight excluding hydrogens is 300 g/mol. The second kappa shape index (κ2) is 5.38. The Balaban J connectivity index is 1.40. The smallest absolute Gasteiger partial charge is 0.319 e. The van der Waals surface area contributed by atoms with E-state index in [2.05, 4.69) is 25.7 Å². The van der Waals surface area contributed by atoms with E-state index in [-0.39, 0.29) is 12.1 Å². The molecule has 4 rings (SSSR count). The van der Waals surface area contributed by atoms with E-state index in [1.165, 1.54) is 0 Å². The van der Waals surface area contributed by atoms with Gasteiger partial charge in [0.05, 0.1) is 28.3 Å². The van der Waals surface area contributed by atoms with E-state index in [0.29, 0.717) is 6.54 Å². The Morgan fingerprint density at radius 3 is 3.27 bits per heavy atom. The zero-order valence-electron chi connectivity index (χ0n) is 11.7. The lowest BCUT2D eigenvalue weighted by molar-refractivity contribution is 0.243. The minimum atomic E-state index is -0.205. The summed E-state index contributed by atoms with van der Waals surface area (Å²) in [7, 11) is 0. The third-order valence-corrected chi connectivity index (χ3v) is 4.54. The highest BCUT2D eigenvalue weighted by Crippen LogP contribution is 2.21. The number of nitrogens with zero attached hydrogens (tertiary/aromatic N) is 4. The molecule has 0 unspecified atom stereocenters. The molecule has 0 radical (unpaired) electrons. The first-order valence-corrected chi connectivity index (χ1v) is 7.93. The summed E-state index contributed by atoms with van der Waals surface area (Å²) in [5.74, 6) is 0.979. The molecule has 112 valence electrons. The molecule has 8 heteroatoms. The summed E-state index contributed by atoms with van der Waals surface area (Å²) in [6.45, 7) is 0.661. The Bertz CT molecular complexity index is 825. The molecule has 1 atom stereocenters. The normalized spacial score (nSPS) is 17.2. The third kappa shape index (κ3) is 2.52. The van der Waals surface area contributed by atoms with Crippen molar-refractivity contribution < 1.29 is 4.79 Å². The highest BCUT2D eigenvalue weighted by atomic mass is 32.1. The van der Waals surface area contributed by atoms with Crippen molar-refractivity contribution in [1.29, 1.82) is 0 Å². The molecule has 3 aromatic rings. The lowest BCUT2D eigenvalue weighted by atomic mass is 10.1. The fourth-order valence-electron chi connectivity index (χ4n) is 2.64. The molecule has 0 saturated carbocycles. The Hall–Kier alpha value is -2.48. The van der Waals surface area contributed by atoms with Gasteiger partial charge in [-0.15, -0.1) is 11.3 Å². The van der Waals surface area contributed by atoms with Crippen LogP contribution in [0.5, 0.6) is 0 Å². The van der Waals surface area contributed by atoms with Crippen LogP contribution in [0.2, 0.25) is 0 Å². The van der Waals surface area contributed by atoms with E-state index in [0.717, 1.165) is 34.6 Å². The molecule has 2 amide bonds. The molecule has 22 heavy (non-hydrogen) atoms. The summed E-state index contributed by atoms with van der Waals surface area (Å²) >= 11 is 1.58. The summed E-state index contributed by atoms with van der Waals surface area (Å²) < 4.78 is 2.95. The number of rotatable bonds is 2. The number of amides is 2. The molecule has 0 bridgehead atoms. The van der Waals surface area contributed by atoms with Crippen LogP contribution in [0.3, 0.4) is 0 Å². The molecule has 1 aromatic carbocycles. The van der Waals surface area contributed by atoms with Gasteiger partial charge >= 0.3 is 6.03 Å². The Kier molecular flexibility index (Phi) is 3.23. The van der Waals surface area contributed by atoms with Gasteiger partial charge in [-0.1, -0.05) is 0 Å². The number of hydrogen-bond donors (Lipinski definition) is 2. The molecule has 1 aliphatic heterocycles. The summed E-state index contributed by atoms with van der Waals surface area (Å²) in [6.07, 6.45) is 3.26. The molecule has 3 heterocycles. The van der Waals surface area contributed by atoms with Crippen molar-refractivity contribution in [3.63, 3.8) is 0 Å². The maximum Gasteiger partial charge on any atom is 0.319 e. The van der Waals surface area contributed by atoms with Gasteiger partial charge in [-0.3, -0.25) is 0 Å². The first-order valence-electron chi connectivity index (χ1n) is 7.05. The van der Waals surface area contributed by atoms with E-state index < -0.39 is 0 Å². The number of aromatic nitrogens is 4. The van der Waals surface area contributed by atoms with E-state index >= 15 is 0 Å². The Morgan fingerprint density at radius 2 is 2.32 bits per heavy atom. The van der Waals surface area contributed by atoms with E-state index in [1.807, 2.05) is 22.9 Å². The van der Waals surface area contributed by atoms with Crippen LogP contribution in [0.15, 0.2) is 30.0 Å². The van der Waals surface area contributed by atoms with Gasteiger partial charge in [0.25, 0.3) is 0 Å². The maximum atomic E-state index is 12.1. The van der Waals surface area contributed by atoms with Crippen LogP contribution in [0.4, 0.5) is 10.5 Å². The fourth-order valence-corrected chi connectivity index (χ4v) is 3.30. The number of anilines is 1. The monoisotopic (exact) mass is 314 g/mol. The van der Waals surface area contributed by atoms with E-state index in [9.17, 15) is 4.79 Å². The van der Waals surface area contributed by atoms with Crippen LogP contribution in [0, 0.1) is 0 Å². The molecule has 7 nitrogen and oxygen atoms in total. The van der Waals surface area contributed by atoms with Crippen molar-refractivity contribution in [1.82, 2.24) is 25.1 Å². The van der Waals surface area contributed by atoms with Crippen LogP contribution in [0.1, 0.15) is 12.2 Å². The number of benzene rings is 1. The second-order valence-corrected chi connectivity index (χ2v) is 6.11. The van der Waals surface area contributed by atoms with Crippen molar-refractivity contribution in [3.8, 4) is 0 Å². The number of carbonyl (C=O) groups excluding carboxylic acids is 1. The predicted molar refractivity (Wildman–Crippen MR) is 83.9 cm³/mol. The van der Waals surface area contributed by atoms with Crippen LogP contribution in [-0.4, -0.2) is 31.8 Å². The fraction of sp³-hybridized carbons (Fsp3) is 0.286. The van der Waals surface area contributed by atoms with Crippen molar-refractivity contribution in [2.45, 2.75) is 25.4 Å². The first-order chi connectivity index (χ1) is 10.8. The van der Waals surface area contributed by atoms with Gasteiger partial charge < -0.3 is 10.6 Å². The number of nitrogens with one attached hydrogen (secondary N) is 2. The lowest BCUT2D eigenvalue weighted by Gasteiger charge is -2.23. The van der Waals surface area contributed by atoms with Crippen molar-refractivity contribution in [2.24, 2.45) is 0 Å². The zero-order chi connectivity index (χ0) is 14.9. The number of urea groups is 1. The van der Waals surface area contributed by atoms with Crippen LogP contribution >= 0.6 is 11.3 Å². The van der Waals surface area contributed by atoms with Crippen molar-refractivity contribution >= 4 is 33.3 Å². The highest BCUT2D eigenvalue weighted by molar-refractivity contribution is 7.16. The number of fused-ring (bicyclic) bond motifs is 2.